The summed E-state index contributed by atoms with van der Waals surface area (Å²) in [7, 11) is 1.97. The van der Waals surface area contributed by atoms with Crippen molar-refractivity contribution in [3.8, 4) is 0 Å². The van der Waals surface area contributed by atoms with Gasteiger partial charge in [-0.1, -0.05) is 0 Å². The Morgan fingerprint density at radius 2 is 2.21 bits per heavy atom. The van der Waals surface area contributed by atoms with Crippen LogP contribution in [0.15, 0.2) is 0 Å². The molecule has 0 aliphatic carbocycles. The smallest absolute Gasteiger partial charge is 0.361 e. The molecule has 1 unspecified atom stereocenters. The van der Waals surface area contributed by atoms with Gasteiger partial charge in [-0.25, -0.2) is 4.79 Å². The van der Waals surface area contributed by atoms with Crippen molar-refractivity contribution in [3.63, 3.8) is 0 Å². The van der Waals surface area contributed by atoms with Crippen LogP contribution in [0, 0.1) is 0 Å². The largest absolute Gasteiger partial charge is 0.455 e. The molecule has 106 valence electrons. The topological polar surface area (TPSA) is 80.3 Å². The van der Waals surface area contributed by atoms with Crippen LogP contribution >= 0.6 is 0 Å². The van der Waals surface area contributed by atoms with E-state index < -0.39 is 11.6 Å². The van der Waals surface area contributed by atoms with Crippen LogP contribution in [-0.2, 0) is 9.47 Å². The van der Waals surface area contributed by atoms with Crippen molar-refractivity contribution in [2.45, 2.75) is 32.4 Å². The van der Waals surface area contributed by atoms with Crippen molar-refractivity contribution < 1.29 is 14.3 Å². The van der Waals surface area contributed by atoms with Gasteiger partial charge in [-0.15, -0.1) is 5.10 Å². The van der Waals surface area contributed by atoms with E-state index in [0.29, 0.717) is 18.9 Å². The predicted molar refractivity (Wildman–Crippen MR) is 67.7 cm³/mol. The standard InChI is InChI=1S/C12H20N4O3/c1-12(2,3)19-11(17)10-9(13-15-14-10)8-7-18-6-5-16(8)4/h8H,5-7H2,1-4H3,(H,13,14,15). The lowest BCUT2D eigenvalue weighted by Crippen LogP contribution is -2.37. The molecule has 1 N–H and O–H groups in total. The minimum atomic E-state index is -0.553. The van der Waals surface area contributed by atoms with E-state index in [2.05, 4.69) is 20.3 Å². The van der Waals surface area contributed by atoms with Gasteiger partial charge in [0.2, 0.25) is 0 Å². The summed E-state index contributed by atoms with van der Waals surface area (Å²) in [6.07, 6.45) is 0. The van der Waals surface area contributed by atoms with E-state index in [1.807, 2.05) is 27.8 Å². The number of likely N-dealkylation sites (N-methyl/N-ethyl adjacent to an activating group) is 1. The number of nitrogens with zero attached hydrogens (tertiary/aromatic N) is 3. The Morgan fingerprint density at radius 3 is 2.84 bits per heavy atom. The molecule has 1 atom stereocenters. The van der Waals surface area contributed by atoms with Crippen LogP contribution in [0.4, 0.5) is 0 Å². The van der Waals surface area contributed by atoms with Crippen LogP contribution in [0.1, 0.15) is 43.0 Å². The normalized spacial score (nSPS) is 21.4. The second-order valence-corrected chi connectivity index (χ2v) is 5.63. The van der Waals surface area contributed by atoms with Crippen molar-refractivity contribution in [2.24, 2.45) is 0 Å². The third-order valence-electron chi connectivity index (χ3n) is 2.88. The highest BCUT2D eigenvalue weighted by molar-refractivity contribution is 5.88. The number of hydrogen-bond donors (Lipinski definition) is 1. The fraction of sp³-hybridized carbons (Fsp3) is 0.750. The predicted octanol–water partition coefficient (Wildman–Crippen LogP) is 0.763. The summed E-state index contributed by atoms with van der Waals surface area (Å²) >= 11 is 0. The average molecular weight is 268 g/mol. The molecule has 0 amide bonds. The van der Waals surface area contributed by atoms with Crippen molar-refractivity contribution in [1.29, 1.82) is 0 Å². The molecule has 2 heterocycles. The third-order valence-corrected chi connectivity index (χ3v) is 2.88. The molecule has 1 aliphatic heterocycles. The van der Waals surface area contributed by atoms with Crippen LogP contribution in [-0.4, -0.2) is 58.7 Å². The molecule has 1 saturated heterocycles. The molecule has 0 spiro atoms. The number of nitrogens with one attached hydrogen (secondary N) is 1. The lowest BCUT2D eigenvalue weighted by Gasteiger charge is -2.31. The van der Waals surface area contributed by atoms with Crippen LogP contribution in [0.2, 0.25) is 0 Å². The lowest BCUT2D eigenvalue weighted by atomic mass is 10.1. The highest BCUT2D eigenvalue weighted by atomic mass is 16.6. The fourth-order valence-electron chi connectivity index (χ4n) is 1.92. The molecule has 1 fully saturated rings. The summed E-state index contributed by atoms with van der Waals surface area (Å²) in [6.45, 7) is 7.44. The number of carbonyl (C=O) groups is 1. The van der Waals surface area contributed by atoms with Crippen molar-refractivity contribution in [3.05, 3.63) is 11.4 Å². The van der Waals surface area contributed by atoms with Gasteiger partial charge in [-0.2, -0.15) is 10.3 Å². The number of hydrogen-bond acceptors (Lipinski definition) is 6. The van der Waals surface area contributed by atoms with Gasteiger partial charge in [0.25, 0.3) is 0 Å². The minimum Gasteiger partial charge on any atom is -0.455 e. The Labute approximate surface area is 112 Å². The summed E-state index contributed by atoms with van der Waals surface area (Å²) in [4.78, 5) is 14.2. The van der Waals surface area contributed by atoms with Crippen LogP contribution in [0.5, 0.6) is 0 Å². The van der Waals surface area contributed by atoms with Crippen molar-refractivity contribution in [2.75, 3.05) is 26.8 Å². The van der Waals surface area contributed by atoms with E-state index in [4.69, 9.17) is 9.47 Å². The maximum absolute atomic E-state index is 12.1. The van der Waals surface area contributed by atoms with Crippen LogP contribution < -0.4 is 0 Å². The van der Waals surface area contributed by atoms with Crippen LogP contribution in [0.3, 0.4) is 0 Å². The van der Waals surface area contributed by atoms with Gasteiger partial charge in [0.05, 0.1) is 19.3 Å². The zero-order valence-electron chi connectivity index (χ0n) is 11.8. The highest BCUT2D eigenvalue weighted by Crippen LogP contribution is 2.24. The first kappa shape index (κ1) is 14.0. The quantitative estimate of drug-likeness (QED) is 0.798. The highest BCUT2D eigenvalue weighted by Gasteiger charge is 2.31. The lowest BCUT2D eigenvalue weighted by molar-refractivity contribution is -0.00108. The van der Waals surface area contributed by atoms with Gasteiger partial charge in [-0.05, 0) is 27.8 Å². The summed E-state index contributed by atoms with van der Waals surface area (Å²) < 4.78 is 10.8. The van der Waals surface area contributed by atoms with Crippen molar-refractivity contribution >= 4 is 5.97 Å². The molecule has 19 heavy (non-hydrogen) atoms. The van der Waals surface area contributed by atoms with Crippen molar-refractivity contribution in [1.82, 2.24) is 20.3 Å². The number of H-pyrrole nitrogens is 1. The molecule has 1 aliphatic rings. The number of morpholine rings is 1. The van der Waals surface area contributed by atoms with E-state index in [1.165, 1.54) is 0 Å². The van der Waals surface area contributed by atoms with Gasteiger partial charge in [0.15, 0.2) is 5.69 Å². The van der Waals surface area contributed by atoms with E-state index in [1.54, 1.807) is 0 Å². The van der Waals surface area contributed by atoms with E-state index in [0.717, 1.165) is 6.54 Å². The van der Waals surface area contributed by atoms with Gasteiger partial charge in [-0.3, -0.25) is 4.90 Å². The van der Waals surface area contributed by atoms with Gasteiger partial charge < -0.3 is 9.47 Å². The number of aromatic nitrogens is 3. The molecule has 0 saturated carbocycles. The average Bonchev–Trinajstić information content (AvgIpc) is 2.76. The molecular weight excluding hydrogens is 248 g/mol. The maximum Gasteiger partial charge on any atom is 0.361 e. The zero-order chi connectivity index (χ0) is 14.0. The molecule has 7 nitrogen and oxygen atoms in total. The van der Waals surface area contributed by atoms with Gasteiger partial charge >= 0.3 is 5.97 Å². The summed E-state index contributed by atoms with van der Waals surface area (Å²) in [5, 5.41) is 10.5. The SMILES string of the molecule is CN1CCOCC1c1n[nH]nc1C(=O)OC(C)(C)C. The Morgan fingerprint density at radius 1 is 1.47 bits per heavy atom. The van der Waals surface area contributed by atoms with Crippen LogP contribution in [0.25, 0.3) is 0 Å². The Hall–Kier alpha value is -1.47. The first-order valence-electron chi connectivity index (χ1n) is 6.30. The second kappa shape index (κ2) is 5.26. The third kappa shape index (κ3) is 3.30. The monoisotopic (exact) mass is 268 g/mol. The first-order chi connectivity index (χ1) is 8.88. The Kier molecular flexibility index (Phi) is 3.86. The summed E-state index contributed by atoms with van der Waals surface area (Å²) in [5.41, 5.74) is 0.260. The molecule has 7 heteroatoms. The minimum absolute atomic E-state index is 0.0741. The summed E-state index contributed by atoms with van der Waals surface area (Å²) in [6, 6.07) is -0.0741. The molecule has 1 aromatic rings. The number of esters is 1. The zero-order valence-corrected chi connectivity index (χ0v) is 11.8. The first-order valence-corrected chi connectivity index (χ1v) is 6.30. The number of rotatable bonds is 2. The van der Waals surface area contributed by atoms with Gasteiger partial charge in [0, 0.05) is 6.54 Å². The number of carbonyl (C=O) groups excluding carboxylic acids is 1. The Balaban J connectivity index is 2.19. The second-order valence-electron chi connectivity index (χ2n) is 5.63. The molecule has 1 aromatic heterocycles. The Bertz CT molecular complexity index is 452. The van der Waals surface area contributed by atoms with E-state index in [9.17, 15) is 4.79 Å². The molecule has 2 rings (SSSR count). The molecule has 0 bridgehead atoms. The number of ether oxygens (including phenoxy) is 2. The van der Waals surface area contributed by atoms with E-state index >= 15 is 0 Å². The fourth-order valence-corrected chi connectivity index (χ4v) is 1.92. The van der Waals surface area contributed by atoms with E-state index in [-0.39, 0.29) is 11.7 Å². The molecular formula is C12H20N4O3. The maximum atomic E-state index is 12.1. The molecule has 0 radical (unpaired) electrons. The van der Waals surface area contributed by atoms with Gasteiger partial charge in [0.1, 0.15) is 11.3 Å². The number of aromatic amines is 1. The summed E-state index contributed by atoms with van der Waals surface area (Å²) in [5.74, 6) is -0.463. The molecule has 0 aromatic carbocycles.